The van der Waals surface area contributed by atoms with E-state index >= 15 is 0 Å². The highest BCUT2D eigenvalue weighted by Crippen LogP contribution is 2.21. The molecule has 0 radical (unpaired) electrons. The molecule has 3 N–H and O–H groups in total. The molecule has 34 heavy (non-hydrogen) atoms. The van der Waals surface area contributed by atoms with Gasteiger partial charge in [-0.2, -0.15) is 0 Å². The molecule has 0 fully saturated rings. The molecule has 2 amide bonds. The zero-order valence-corrected chi connectivity index (χ0v) is 19.2. The Bertz CT molecular complexity index is 1240. The van der Waals surface area contributed by atoms with E-state index in [9.17, 15) is 18.0 Å². The van der Waals surface area contributed by atoms with Gasteiger partial charge >= 0.3 is 0 Å². The maximum absolute atomic E-state index is 12.3. The minimum atomic E-state index is -3.69. The Hall–Kier alpha value is -3.95. The first-order valence-corrected chi connectivity index (χ1v) is 11.9. The number of carbonyl (C=O) groups is 2. The molecule has 8 nitrogen and oxygen atoms in total. The van der Waals surface area contributed by atoms with E-state index in [1.54, 1.807) is 6.07 Å². The predicted molar refractivity (Wildman–Crippen MR) is 129 cm³/mol. The molecule has 0 saturated carbocycles. The number of carbonyl (C=O) groups excluding carboxylic acids is 2. The summed E-state index contributed by atoms with van der Waals surface area (Å²) in [6.45, 7) is 3.26. The molecule has 3 aromatic carbocycles. The molecule has 0 aliphatic carbocycles. The van der Waals surface area contributed by atoms with Gasteiger partial charge in [0.05, 0.1) is 4.90 Å². The van der Waals surface area contributed by atoms with Gasteiger partial charge in [0.1, 0.15) is 5.75 Å². The van der Waals surface area contributed by atoms with E-state index in [1.165, 1.54) is 30.3 Å². The molecule has 176 valence electrons. The highest BCUT2D eigenvalue weighted by atomic mass is 32.2. The molecule has 0 unspecified atom stereocenters. The second-order valence-corrected chi connectivity index (χ2v) is 8.99. The number of hydrogen-bond donors (Lipinski definition) is 3. The maximum atomic E-state index is 12.3. The minimum Gasteiger partial charge on any atom is -0.483 e. The second-order valence-electron chi connectivity index (χ2n) is 7.23. The van der Waals surface area contributed by atoms with Gasteiger partial charge in [-0.05, 0) is 41.5 Å². The highest BCUT2D eigenvalue weighted by molar-refractivity contribution is 7.89. The summed E-state index contributed by atoms with van der Waals surface area (Å²) in [5, 5.41) is 0. The van der Waals surface area contributed by atoms with Crippen LogP contribution in [-0.4, -0.2) is 33.4 Å². The molecular weight excluding hydrogens is 454 g/mol. The Kier molecular flexibility index (Phi) is 8.55. The summed E-state index contributed by atoms with van der Waals surface area (Å²) in [6.07, 6.45) is 2.08. The van der Waals surface area contributed by atoms with Gasteiger partial charge in [-0.15, -0.1) is 6.58 Å². The van der Waals surface area contributed by atoms with Gasteiger partial charge in [0, 0.05) is 18.5 Å². The van der Waals surface area contributed by atoms with Gasteiger partial charge in [-0.25, -0.2) is 13.1 Å². The standard InChI is InChI=1S/C25H25N3O5S/c1-2-16-26-34(31,32)22-14-12-20(13-15-22)25(30)28-27-24(29)18-33-23-11-7-6-10-21(23)17-19-8-4-3-5-9-19/h2-15,26H,1,16-18H2,(H,27,29)(H,28,30). The second kappa shape index (κ2) is 11.8. The zero-order chi connectivity index (χ0) is 24.4. The van der Waals surface area contributed by atoms with Crippen LogP contribution in [0.5, 0.6) is 5.75 Å². The number of rotatable bonds is 10. The highest BCUT2D eigenvalue weighted by Gasteiger charge is 2.14. The van der Waals surface area contributed by atoms with E-state index in [2.05, 4.69) is 22.2 Å². The quantitative estimate of drug-likeness (QED) is 0.306. The van der Waals surface area contributed by atoms with Crippen molar-refractivity contribution in [2.24, 2.45) is 0 Å². The Morgan fingerprint density at radius 2 is 1.56 bits per heavy atom. The van der Waals surface area contributed by atoms with Gasteiger partial charge in [0.25, 0.3) is 11.8 Å². The van der Waals surface area contributed by atoms with Gasteiger partial charge < -0.3 is 4.74 Å². The minimum absolute atomic E-state index is 0.0116. The molecule has 0 aliphatic heterocycles. The van der Waals surface area contributed by atoms with Crippen molar-refractivity contribution in [1.82, 2.24) is 15.6 Å². The largest absolute Gasteiger partial charge is 0.483 e. The molecule has 0 atom stereocenters. The maximum Gasteiger partial charge on any atom is 0.276 e. The predicted octanol–water partition coefficient (Wildman–Crippen LogP) is 2.58. The van der Waals surface area contributed by atoms with Crippen LogP contribution in [0.3, 0.4) is 0 Å². The monoisotopic (exact) mass is 479 g/mol. The summed E-state index contributed by atoms with van der Waals surface area (Å²) < 4.78 is 32.1. The number of nitrogens with one attached hydrogen (secondary N) is 3. The summed E-state index contributed by atoms with van der Waals surface area (Å²) in [6, 6.07) is 22.6. The Morgan fingerprint density at radius 1 is 0.882 bits per heavy atom. The van der Waals surface area contributed by atoms with Crippen molar-refractivity contribution in [3.8, 4) is 5.75 Å². The van der Waals surface area contributed by atoms with Crippen molar-refractivity contribution < 1.29 is 22.7 Å². The molecule has 0 spiro atoms. The van der Waals surface area contributed by atoms with E-state index in [4.69, 9.17) is 4.74 Å². The number of hydrogen-bond acceptors (Lipinski definition) is 5. The lowest BCUT2D eigenvalue weighted by molar-refractivity contribution is -0.123. The first-order valence-electron chi connectivity index (χ1n) is 10.4. The van der Waals surface area contributed by atoms with Crippen LogP contribution in [0.15, 0.2) is 96.4 Å². The fourth-order valence-electron chi connectivity index (χ4n) is 3.02. The molecular formula is C25H25N3O5S. The number of hydrazine groups is 1. The van der Waals surface area contributed by atoms with Crippen LogP contribution in [0.1, 0.15) is 21.5 Å². The SMILES string of the molecule is C=CCNS(=O)(=O)c1ccc(C(=O)NNC(=O)COc2ccccc2Cc2ccccc2)cc1. The van der Waals surface area contributed by atoms with Crippen LogP contribution < -0.4 is 20.3 Å². The molecule has 9 heteroatoms. The first-order chi connectivity index (χ1) is 16.4. The van der Waals surface area contributed by atoms with Crippen LogP contribution in [0, 0.1) is 0 Å². The summed E-state index contributed by atoms with van der Waals surface area (Å²) >= 11 is 0. The zero-order valence-electron chi connectivity index (χ0n) is 18.4. The lowest BCUT2D eigenvalue weighted by atomic mass is 10.0. The first kappa shape index (κ1) is 24.7. The Morgan fingerprint density at radius 3 is 2.26 bits per heavy atom. The number of para-hydroxylation sites is 1. The normalized spacial score (nSPS) is 10.8. The average Bonchev–Trinajstić information content (AvgIpc) is 2.86. The van der Waals surface area contributed by atoms with E-state index in [0.717, 1.165) is 11.1 Å². The van der Waals surface area contributed by atoms with Crippen LogP contribution >= 0.6 is 0 Å². The summed E-state index contributed by atoms with van der Waals surface area (Å²) in [5.41, 5.74) is 6.80. The summed E-state index contributed by atoms with van der Waals surface area (Å²) in [7, 11) is -3.69. The Labute approximate surface area is 198 Å². The van der Waals surface area contributed by atoms with Gasteiger partial charge in [-0.3, -0.25) is 20.4 Å². The van der Waals surface area contributed by atoms with Crippen molar-refractivity contribution in [3.63, 3.8) is 0 Å². The average molecular weight is 480 g/mol. The number of ether oxygens (including phenoxy) is 1. The number of sulfonamides is 1. The molecule has 3 aromatic rings. The fourth-order valence-corrected chi connectivity index (χ4v) is 4.02. The van der Waals surface area contributed by atoms with E-state index in [1.807, 2.05) is 48.5 Å². The molecule has 0 saturated heterocycles. The molecule has 0 bridgehead atoms. The topological polar surface area (TPSA) is 114 Å². The smallest absolute Gasteiger partial charge is 0.276 e. The molecule has 3 rings (SSSR count). The van der Waals surface area contributed by atoms with E-state index in [-0.39, 0.29) is 23.6 Å². The third-order valence-electron chi connectivity index (χ3n) is 4.73. The van der Waals surface area contributed by atoms with Crippen LogP contribution in [0.2, 0.25) is 0 Å². The fraction of sp³-hybridized carbons (Fsp3) is 0.120. The number of amides is 2. The molecule has 0 aliphatic rings. The van der Waals surface area contributed by atoms with Crippen molar-refractivity contribution in [2.45, 2.75) is 11.3 Å². The van der Waals surface area contributed by atoms with Crippen molar-refractivity contribution in [3.05, 3.63) is 108 Å². The van der Waals surface area contributed by atoms with Gasteiger partial charge in [-0.1, -0.05) is 54.6 Å². The van der Waals surface area contributed by atoms with Crippen LogP contribution in [0.25, 0.3) is 0 Å². The summed E-state index contributed by atoms with van der Waals surface area (Å²) in [4.78, 5) is 24.4. The van der Waals surface area contributed by atoms with Crippen molar-refractivity contribution >= 4 is 21.8 Å². The lowest BCUT2D eigenvalue weighted by Gasteiger charge is -2.12. The van der Waals surface area contributed by atoms with Crippen molar-refractivity contribution in [1.29, 1.82) is 0 Å². The van der Waals surface area contributed by atoms with E-state index in [0.29, 0.717) is 12.2 Å². The third-order valence-corrected chi connectivity index (χ3v) is 6.17. The molecule has 0 aromatic heterocycles. The lowest BCUT2D eigenvalue weighted by Crippen LogP contribution is -2.43. The van der Waals surface area contributed by atoms with E-state index < -0.39 is 21.8 Å². The molecule has 0 heterocycles. The third kappa shape index (κ3) is 7.03. The Balaban J connectivity index is 1.51. The van der Waals surface area contributed by atoms with Crippen LogP contribution in [0.4, 0.5) is 0 Å². The van der Waals surface area contributed by atoms with Crippen molar-refractivity contribution in [2.75, 3.05) is 13.2 Å². The number of benzene rings is 3. The van der Waals surface area contributed by atoms with Gasteiger partial charge in [0.2, 0.25) is 10.0 Å². The van der Waals surface area contributed by atoms with Crippen LogP contribution in [-0.2, 0) is 21.2 Å². The van der Waals surface area contributed by atoms with Gasteiger partial charge in [0.15, 0.2) is 6.61 Å². The summed E-state index contributed by atoms with van der Waals surface area (Å²) in [5.74, 6) is -0.564.